The van der Waals surface area contributed by atoms with E-state index < -0.39 is 0 Å². The Hall–Kier alpha value is 0.604. The summed E-state index contributed by atoms with van der Waals surface area (Å²) in [5, 5.41) is 0. The van der Waals surface area contributed by atoms with Crippen molar-refractivity contribution < 1.29 is 16.5 Å². The zero-order valence-corrected chi connectivity index (χ0v) is 6.70. The number of hydrogen-bond acceptors (Lipinski definition) is 2. The largest absolute Gasteiger partial charge is 2.00 e. The molecule has 4 heteroatoms. The van der Waals surface area contributed by atoms with Crippen molar-refractivity contribution in [2.45, 2.75) is 0 Å². The van der Waals surface area contributed by atoms with Crippen LogP contribution >= 0.6 is 12.2 Å². The second kappa shape index (κ2) is 4.75. The fourth-order valence-electron chi connectivity index (χ4n) is 0. The van der Waals surface area contributed by atoms with Crippen LogP contribution in [0, 0.1) is 0 Å². The predicted molar refractivity (Wildman–Crippen MR) is 33.6 cm³/mol. The third kappa shape index (κ3) is 6.60. The van der Waals surface area contributed by atoms with E-state index in [-0.39, 0.29) is 16.5 Å². The Bertz CT molecular complexity index is 64.0. The van der Waals surface area contributed by atoms with Crippen molar-refractivity contribution in [3.63, 3.8) is 0 Å². The van der Waals surface area contributed by atoms with Gasteiger partial charge in [-0.05, 0) is 0 Å². The van der Waals surface area contributed by atoms with Crippen LogP contribution in [0.3, 0.4) is 0 Å². The number of nitrogens with zero attached hydrogens (tertiary/aromatic N) is 1. The molecule has 0 bridgehead atoms. The average Bonchev–Trinajstić information content (AvgIpc) is 1.36. The van der Waals surface area contributed by atoms with E-state index in [4.69, 9.17) is 0 Å². The molecule has 0 aliphatic heterocycles. The summed E-state index contributed by atoms with van der Waals surface area (Å²) >= 11 is 9.12. The van der Waals surface area contributed by atoms with Crippen LogP contribution in [0.4, 0.5) is 0 Å². The zero-order chi connectivity index (χ0) is 5.15. The molecule has 44 valence electrons. The smallest absolute Gasteiger partial charge is 0.411 e. The van der Waals surface area contributed by atoms with E-state index in [0.717, 1.165) is 0 Å². The minimum atomic E-state index is 0. The summed E-state index contributed by atoms with van der Waals surface area (Å²) in [6.45, 7) is 0. The summed E-state index contributed by atoms with van der Waals surface area (Å²) in [5.74, 6) is 0. The van der Waals surface area contributed by atoms with Gasteiger partial charge in [-0.2, -0.15) is 0 Å². The topological polar surface area (TPSA) is 3.24 Å². The van der Waals surface area contributed by atoms with Crippen molar-refractivity contribution in [2.75, 3.05) is 14.1 Å². The van der Waals surface area contributed by atoms with Gasteiger partial charge in [0.15, 0.2) is 0 Å². The number of hydrogen-bond donors (Lipinski definition) is 0. The normalized spacial score (nSPS) is 6.57. The van der Waals surface area contributed by atoms with Gasteiger partial charge in [-0.25, -0.2) is 0 Å². The number of thiocarbonyl (C=S) groups is 1. The van der Waals surface area contributed by atoms with Crippen molar-refractivity contribution in [1.29, 1.82) is 0 Å². The Balaban J connectivity index is 0. The molecular weight excluding hydrogens is 173 g/mol. The second-order valence-corrected chi connectivity index (χ2v) is 2.19. The zero-order valence-electron chi connectivity index (χ0n) is 4.08. The molecule has 0 aliphatic rings. The molecule has 0 aromatic rings. The predicted octanol–water partition coefficient (Wildman–Crippen LogP) is 0.377. The van der Waals surface area contributed by atoms with Crippen LogP contribution in [0.1, 0.15) is 0 Å². The molecule has 0 aliphatic carbocycles. The van der Waals surface area contributed by atoms with Gasteiger partial charge < -0.3 is 29.7 Å². The average molecular weight is 179 g/mol. The van der Waals surface area contributed by atoms with E-state index in [1.807, 2.05) is 14.1 Å². The molecule has 0 radical (unpaired) electrons. The van der Waals surface area contributed by atoms with E-state index in [2.05, 4.69) is 24.8 Å². The van der Waals surface area contributed by atoms with Crippen molar-refractivity contribution in [3.8, 4) is 0 Å². The van der Waals surface area contributed by atoms with Gasteiger partial charge in [0.2, 0.25) is 0 Å². The molecule has 0 spiro atoms. The summed E-state index contributed by atoms with van der Waals surface area (Å²) in [6.07, 6.45) is 0. The van der Waals surface area contributed by atoms with Crippen molar-refractivity contribution in [3.05, 3.63) is 0 Å². The first-order valence-electron chi connectivity index (χ1n) is 1.53. The Morgan fingerprint density at radius 2 is 1.71 bits per heavy atom. The van der Waals surface area contributed by atoms with Crippen LogP contribution in [0.5, 0.6) is 0 Å². The van der Waals surface area contributed by atoms with Crippen molar-refractivity contribution in [2.24, 2.45) is 0 Å². The molecule has 0 atom stereocenters. The van der Waals surface area contributed by atoms with Gasteiger partial charge in [0.1, 0.15) is 0 Å². The molecule has 0 rings (SSSR count). The minimum Gasteiger partial charge on any atom is -0.411 e. The Labute approximate surface area is 64.8 Å². The van der Waals surface area contributed by atoms with Crippen LogP contribution in [-0.4, -0.2) is 23.3 Å². The third-order valence-corrected chi connectivity index (χ3v) is 1.10. The van der Waals surface area contributed by atoms with Crippen LogP contribution in [0.2, 0.25) is 0 Å². The molecule has 0 aromatic carbocycles. The molecule has 0 unspecified atom stereocenters. The van der Waals surface area contributed by atoms with Gasteiger partial charge in [-0.1, -0.05) is 4.32 Å². The van der Waals surface area contributed by atoms with Crippen LogP contribution in [-0.2, 0) is 29.1 Å². The standard InChI is InChI=1S/C3H7NS2.Ni/c1-4(2)3(5)6;/h1-2H3,(H,5,6);/q;+2/p-1. The van der Waals surface area contributed by atoms with Gasteiger partial charge in [-0.15, -0.1) is 0 Å². The summed E-state index contributed by atoms with van der Waals surface area (Å²) < 4.78 is 0.509. The minimum absolute atomic E-state index is 0. The number of rotatable bonds is 0. The first kappa shape index (κ1) is 10.6. The monoisotopic (exact) mass is 178 g/mol. The van der Waals surface area contributed by atoms with Crippen molar-refractivity contribution in [1.82, 2.24) is 4.90 Å². The van der Waals surface area contributed by atoms with Gasteiger partial charge >= 0.3 is 16.5 Å². The van der Waals surface area contributed by atoms with Crippen LogP contribution in [0.15, 0.2) is 0 Å². The fourth-order valence-corrected chi connectivity index (χ4v) is 0. The molecule has 0 saturated heterocycles. The van der Waals surface area contributed by atoms with E-state index in [1.54, 1.807) is 4.90 Å². The van der Waals surface area contributed by atoms with Crippen LogP contribution < -0.4 is 0 Å². The molecule has 0 aromatic heterocycles. The van der Waals surface area contributed by atoms with Gasteiger partial charge in [0.05, 0.1) is 0 Å². The van der Waals surface area contributed by atoms with E-state index >= 15 is 0 Å². The summed E-state index contributed by atoms with van der Waals surface area (Å²) in [5.41, 5.74) is 0. The third-order valence-electron chi connectivity index (χ3n) is 0.365. The molecule has 0 N–H and O–H groups in total. The molecule has 0 saturated carbocycles. The molecule has 0 amide bonds. The van der Waals surface area contributed by atoms with E-state index in [1.165, 1.54) is 0 Å². The Morgan fingerprint density at radius 3 is 1.71 bits per heavy atom. The van der Waals surface area contributed by atoms with Gasteiger partial charge in [0.25, 0.3) is 0 Å². The first-order chi connectivity index (χ1) is 2.64. The summed E-state index contributed by atoms with van der Waals surface area (Å²) in [4.78, 5) is 1.71. The first-order valence-corrected chi connectivity index (χ1v) is 2.34. The molecule has 7 heavy (non-hydrogen) atoms. The fraction of sp³-hybridized carbons (Fsp3) is 0.667. The van der Waals surface area contributed by atoms with Gasteiger partial charge in [-0.3, -0.25) is 0 Å². The molecule has 0 heterocycles. The molecule has 1 nitrogen and oxygen atoms in total. The maximum absolute atomic E-state index is 4.56. The van der Waals surface area contributed by atoms with Crippen LogP contribution in [0.25, 0.3) is 0 Å². The Kier molecular flexibility index (Phi) is 7.17. The summed E-state index contributed by atoms with van der Waals surface area (Å²) in [6, 6.07) is 0. The summed E-state index contributed by atoms with van der Waals surface area (Å²) in [7, 11) is 3.66. The SMILES string of the molecule is CN(C)C(=S)[S-].[Ni+2]. The van der Waals surface area contributed by atoms with E-state index in [9.17, 15) is 0 Å². The Morgan fingerprint density at radius 1 is 1.57 bits per heavy atom. The maximum Gasteiger partial charge on any atom is 2.00 e. The maximum atomic E-state index is 4.56. The molecular formula is C3H6NNiS2+. The van der Waals surface area contributed by atoms with Gasteiger partial charge in [0, 0.05) is 14.1 Å². The van der Waals surface area contributed by atoms with E-state index in [0.29, 0.717) is 4.32 Å². The molecule has 0 fully saturated rings. The second-order valence-electron chi connectivity index (χ2n) is 1.16. The quantitative estimate of drug-likeness (QED) is 0.300. The van der Waals surface area contributed by atoms with Crippen molar-refractivity contribution >= 4 is 29.2 Å².